The molecule has 2 aromatic rings. The van der Waals surface area contributed by atoms with E-state index in [9.17, 15) is 12.8 Å². The van der Waals surface area contributed by atoms with Gasteiger partial charge in [-0.1, -0.05) is 0 Å². The zero-order valence-corrected chi connectivity index (χ0v) is 11.9. The third-order valence-corrected chi connectivity index (χ3v) is 4.35. The number of nitrogens with one attached hydrogen (secondary N) is 1. The molecule has 108 valence electrons. The molecular formula is C12H15FN4O2S. The minimum atomic E-state index is -3.84. The first-order valence-electron chi connectivity index (χ1n) is 5.83. The highest BCUT2D eigenvalue weighted by atomic mass is 32.2. The molecule has 0 aliphatic rings. The number of hydrogen-bond donors (Lipinski definition) is 2. The molecular weight excluding hydrogens is 283 g/mol. The molecule has 1 heterocycles. The molecule has 0 atom stereocenters. The fraction of sp³-hybridized carbons (Fsp3) is 0.250. The van der Waals surface area contributed by atoms with Gasteiger partial charge in [0.1, 0.15) is 5.82 Å². The van der Waals surface area contributed by atoms with Gasteiger partial charge in [-0.15, -0.1) is 0 Å². The quantitative estimate of drug-likeness (QED) is 0.822. The lowest BCUT2D eigenvalue weighted by molar-refractivity contribution is 0.573. The Bertz CT molecular complexity index is 740. The van der Waals surface area contributed by atoms with Crippen LogP contribution in [0.3, 0.4) is 0 Å². The fourth-order valence-electron chi connectivity index (χ4n) is 1.76. The fourth-order valence-corrected chi connectivity index (χ4v) is 3.04. The Morgan fingerprint density at radius 3 is 2.75 bits per heavy atom. The highest BCUT2D eigenvalue weighted by Crippen LogP contribution is 2.21. The van der Waals surface area contributed by atoms with Crippen molar-refractivity contribution in [1.29, 1.82) is 0 Å². The topological polar surface area (TPSA) is 90.0 Å². The Morgan fingerprint density at radius 2 is 2.15 bits per heavy atom. The number of nitrogens with two attached hydrogens (primary N) is 1. The van der Waals surface area contributed by atoms with Crippen LogP contribution in [0.1, 0.15) is 11.3 Å². The molecule has 0 amide bonds. The van der Waals surface area contributed by atoms with E-state index in [1.165, 1.54) is 13.0 Å². The van der Waals surface area contributed by atoms with Crippen LogP contribution in [0.15, 0.2) is 29.3 Å². The summed E-state index contributed by atoms with van der Waals surface area (Å²) in [7, 11) is -2.11. The average molecular weight is 298 g/mol. The Kier molecular flexibility index (Phi) is 3.78. The number of halogens is 1. The summed E-state index contributed by atoms with van der Waals surface area (Å²) in [5.74, 6) is -0.650. The Hall–Kier alpha value is -1.93. The van der Waals surface area contributed by atoms with Gasteiger partial charge in [-0.25, -0.2) is 17.5 Å². The smallest absolute Gasteiger partial charge is 0.241 e. The van der Waals surface area contributed by atoms with Crippen molar-refractivity contribution in [2.24, 2.45) is 7.05 Å². The molecule has 20 heavy (non-hydrogen) atoms. The SMILES string of the molecule is Cc1c(F)cc(N)cc1S(=O)(=O)NCc1ccn(C)n1. The number of aromatic nitrogens is 2. The van der Waals surface area contributed by atoms with Crippen LogP contribution in [0, 0.1) is 12.7 Å². The third kappa shape index (κ3) is 2.97. The zero-order valence-electron chi connectivity index (χ0n) is 11.1. The number of nitrogens with zero attached hydrogens (tertiary/aromatic N) is 2. The number of benzene rings is 1. The van der Waals surface area contributed by atoms with Crippen molar-refractivity contribution < 1.29 is 12.8 Å². The van der Waals surface area contributed by atoms with Crippen LogP contribution in [0.5, 0.6) is 0 Å². The van der Waals surface area contributed by atoms with Crippen molar-refractivity contribution in [3.05, 3.63) is 41.5 Å². The average Bonchev–Trinajstić information content (AvgIpc) is 2.77. The summed E-state index contributed by atoms with van der Waals surface area (Å²) >= 11 is 0. The lowest BCUT2D eigenvalue weighted by atomic mass is 10.2. The summed E-state index contributed by atoms with van der Waals surface area (Å²) in [4.78, 5) is -0.161. The molecule has 6 nitrogen and oxygen atoms in total. The van der Waals surface area contributed by atoms with Crippen molar-refractivity contribution >= 4 is 15.7 Å². The van der Waals surface area contributed by atoms with Gasteiger partial charge in [0.05, 0.1) is 17.1 Å². The molecule has 0 aliphatic heterocycles. The van der Waals surface area contributed by atoms with Crippen LogP contribution in [0.25, 0.3) is 0 Å². The number of aryl methyl sites for hydroxylation is 1. The second kappa shape index (κ2) is 5.22. The van der Waals surface area contributed by atoms with E-state index in [2.05, 4.69) is 9.82 Å². The zero-order chi connectivity index (χ0) is 14.9. The van der Waals surface area contributed by atoms with Crippen LogP contribution in [0.4, 0.5) is 10.1 Å². The van der Waals surface area contributed by atoms with Crippen molar-refractivity contribution in [2.45, 2.75) is 18.4 Å². The van der Waals surface area contributed by atoms with E-state index in [-0.39, 0.29) is 22.7 Å². The summed E-state index contributed by atoms with van der Waals surface area (Å²) in [5, 5.41) is 4.06. The minimum Gasteiger partial charge on any atom is -0.399 e. The molecule has 8 heteroatoms. The minimum absolute atomic E-state index is 0.0268. The van der Waals surface area contributed by atoms with Gasteiger partial charge >= 0.3 is 0 Å². The van der Waals surface area contributed by atoms with E-state index in [1.807, 2.05) is 0 Å². The lowest BCUT2D eigenvalue weighted by Gasteiger charge is -2.10. The summed E-state index contributed by atoms with van der Waals surface area (Å²) in [6.45, 7) is 1.42. The lowest BCUT2D eigenvalue weighted by Crippen LogP contribution is -2.24. The van der Waals surface area contributed by atoms with Crippen molar-refractivity contribution in [1.82, 2.24) is 14.5 Å². The van der Waals surface area contributed by atoms with Gasteiger partial charge in [-0.3, -0.25) is 4.68 Å². The van der Waals surface area contributed by atoms with Crippen LogP contribution in [-0.2, 0) is 23.6 Å². The van der Waals surface area contributed by atoms with Gasteiger partial charge in [0.25, 0.3) is 0 Å². The van der Waals surface area contributed by atoms with E-state index in [1.54, 1.807) is 24.0 Å². The van der Waals surface area contributed by atoms with Gasteiger partial charge < -0.3 is 5.73 Å². The molecule has 0 unspecified atom stereocenters. The van der Waals surface area contributed by atoms with Crippen LogP contribution in [0.2, 0.25) is 0 Å². The van der Waals surface area contributed by atoms with E-state index >= 15 is 0 Å². The predicted molar refractivity (Wildman–Crippen MR) is 72.8 cm³/mol. The van der Waals surface area contributed by atoms with E-state index in [0.29, 0.717) is 5.69 Å². The summed E-state index contributed by atoms with van der Waals surface area (Å²) in [5.41, 5.74) is 6.15. The van der Waals surface area contributed by atoms with Crippen LogP contribution in [-0.4, -0.2) is 18.2 Å². The monoisotopic (exact) mass is 298 g/mol. The van der Waals surface area contributed by atoms with Gasteiger partial charge in [0.15, 0.2) is 0 Å². The van der Waals surface area contributed by atoms with E-state index in [4.69, 9.17) is 5.73 Å². The maximum absolute atomic E-state index is 13.5. The normalized spacial score (nSPS) is 11.8. The van der Waals surface area contributed by atoms with Gasteiger partial charge in [0.2, 0.25) is 10.0 Å². The number of rotatable bonds is 4. The molecule has 0 saturated heterocycles. The number of nitrogen functional groups attached to an aromatic ring is 1. The van der Waals surface area contributed by atoms with Gasteiger partial charge in [-0.2, -0.15) is 5.10 Å². The Labute approximate surface area is 116 Å². The highest BCUT2D eigenvalue weighted by molar-refractivity contribution is 7.89. The van der Waals surface area contributed by atoms with Gasteiger partial charge in [0, 0.05) is 24.5 Å². The Morgan fingerprint density at radius 1 is 1.45 bits per heavy atom. The molecule has 1 aromatic carbocycles. The second-order valence-electron chi connectivity index (χ2n) is 4.43. The third-order valence-electron chi connectivity index (χ3n) is 2.82. The van der Waals surface area contributed by atoms with Crippen molar-refractivity contribution in [3.8, 4) is 0 Å². The first-order valence-corrected chi connectivity index (χ1v) is 7.32. The molecule has 0 saturated carbocycles. The highest BCUT2D eigenvalue weighted by Gasteiger charge is 2.20. The first-order chi connectivity index (χ1) is 9.29. The number of sulfonamides is 1. The summed E-state index contributed by atoms with van der Waals surface area (Å²) in [6, 6.07) is 4.02. The van der Waals surface area contributed by atoms with E-state index in [0.717, 1.165) is 6.07 Å². The van der Waals surface area contributed by atoms with Crippen LogP contribution < -0.4 is 10.5 Å². The Balaban J connectivity index is 2.27. The molecule has 0 fully saturated rings. The molecule has 1 aromatic heterocycles. The van der Waals surface area contributed by atoms with E-state index < -0.39 is 15.8 Å². The first kappa shape index (κ1) is 14.5. The number of hydrogen-bond acceptors (Lipinski definition) is 4. The maximum atomic E-state index is 13.5. The maximum Gasteiger partial charge on any atom is 0.241 e. The number of anilines is 1. The summed E-state index contributed by atoms with van der Waals surface area (Å²) in [6.07, 6.45) is 1.70. The molecule has 0 spiro atoms. The van der Waals surface area contributed by atoms with Crippen molar-refractivity contribution in [2.75, 3.05) is 5.73 Å². The molecule has 0 aliphatic carbocycles. The molecule has 0 radical (unpaired) electrons. The molecule has 3 N–H and O–H groups in total. The standard InChI is InChI=1S/C12H15FN4O2S/c1-8-11(13)5-9(14)6-12(8)20(18,19)15-7-10-3-4-17(2)16-10/h3-6,15H,7,14H2,1-2H3. The molecule has 2 rings (SSSR count). The predicted octanol–water partition coefficient (Wildman–Crippen LogP) is 0.928. The van der Waals surface area contributed by atoms with Crippen LogP contribution >= 0.6 is 0 Å². The largest absolute Gasteiger partial charge is 0.399 e. The summed E-state index contributed by atoms with van der Waals surface area (Å²) < 4.78 is 41.8. The van der Waals surface area contributed by atoms with Gasteiger partial charge in [-0.05, 0) is 25.1 Å². The van der Waals surface area contributed by atoms with Crippen molar-refractivity contribution in [3.63, 3.8) is 0 Å². The second-order valence-corrected chi connectivity index (χ2v) is 6.17. The molecule has 0 bridgehead atoms.